The molecule has 134 valence electrons. The lowest BCUT2D eigenvalue weighted by atomic mass is 10.0. The third kappa shape index (κ3) is 4.69. The van der Waals surface area contributed by atoms with Gasteiger partial charge in [0.05, 0.1) is 0 Å². The highest BCUT2D eigenvalue weighted by Crippen LogP contribution is 2.36. The molecule has 5 heteroatoms. The minimum atomic E-state index is -0.513. The zero-order valence-corrected chi connectivity index (χ0v) is 15.7. The van der Waals surface area contributed by atoms with Gasteiger partial charge >= 0.3 is 6.09 Å². The second-order valence-corrected chi connectivity index (χ2v) is 7.50. The number of aromatic nitrogens is 1. The molecule has 1 aromatic heterocycles. The van der Waals surface area contributed by atoms with E-state index in [-0.39, 0.29) is 6.09 Å². The van der Waals surface area contributed by atoms with Crippen molar-refractivity contribution in [2.75, 3.05) is 25.0 Å². The molecule has 1 amide bonds. The van der Waals surface area contributed by atoms with Gasteiger partial charge in [0.2, 0.25) is 0 Å². The van der Waals surface area contributed by atoms with Crippen LogP contribution in [0.1, 0.15) is 65.0 Å². The highest BCUT2D eigenvalue weighted by atomic mass is 16.6. The number of likely N-dealkylation sites (tertiary alicyclic amines) is 1. The Bertz CT molecular complexity index is 554. The molecule has 0 aromatic carbocycles. The predicted molar refractivity (Wildman–Crippen MR) is 97.3 cm³/mol. The summed E-state index contributed by atoms with van der Waals surface area (Å²) in [5.41, 5.74) is 0.611. The number of hydrogen-bond donors (Lipinski definition) is 0. The number of anilines is 1. The lowest BCUT2D eigenvalue weighted by Gasteiger charge is -2.29. The van der Waals surface area contributed by atoms with Gasteiger partial charge in [0, 0.05) is 24.8 Å². The lowest BCUT2D eigenvalue weighted by Crippen LogP contribution is -2.36. The van der Waals surface area contributed by atoms with E-state index >= 15 is 0 Å². The molecule has 0 aliphatic carbocycles. The molecule has 0 saturated carbocycles. The van der Waals surface area contributed by atoms with E-state index in [4.69, 9.17) is 4.74 Å². The average molecular weight is 333 g/mol. The summed E-state index contributed by atoms with van der Waals surface area (Å²) in [6, 6.07) is 4.39. The normalized spacial score (nSPS) is 18.6. The molecule has 1 aliphatic rings. The maximum absolute atomic E-state index is 12.4. The fourth-order valence-corrected chi connectivity index (χ4v) is 3.17. The molecule has 0 radical (unpaired) electrons. The molecule has 24 heavy (non-hydrogen) atoms. The Balaban J connectivity index is 2.22. The first-order chi connectivity index (χ1) is 11.3. The van der Waals surface area contributed by atoms with Gasteiger partial charge in [-0.15, -0.1) is 0 Å². The maximum Gasteiger partial charge on any atom is 0.415 e. The van der Waals surface area contributed by atoms with Crippen LogP contribution in [0.3, 0.4) is 0 Å². The van der Waals surface area contributed by atoms with Crippen molar-refractivity contribution < 1.29 is 9.53 Å². The fourth-order valence-electron chi connectivity index (χ4n) is 3.17. The molecule has 2 rings (SSSR count). The Morgan fingerprint density at radius 1 is 1.46 bits per heavy atom. The Kier molecular flexibility index (Phi) is 6.21. The molecule has 1 fully saturated rings. The lowest BCUT2D eigenvalue weighted by molar-refractivity contribution is 0.0587. The second kappa shape index (κ2) is 7.97. The quantitative estimate of drug-likeness (QED) is 0.801. The van der Waals surface area contributed by atoms with Gasteiger partial charge in [-0.3, -0.25) is 9.80 Å². The Morgan fingerprint density at radius 2 is 2.21 bits per heavy atom. The molecule has 0 N–H and O–H groups in total. The average Bonchev–Trinajstić information content (AvgIpc) is 2.98. The predicted octanol–water partition coefficient (Wildman–Crippen LogP) is 4.39. The van der Waals surface area contributed by atoms with Crippen molar-refractivity contribution >= 4 is 11.9 Å². The van der Waals surface area contributed by atoms with Gasteiger partial charge < -0.3 is 4.74 Å². The largest absolute Gasteiger partial charge is 0.443 e. The summed E-state index contributed by atoms with van der Waals surface area (Å²) in [5, 5.41) is 0. The van der Waals surface area contributed by atoms with Crippen molar-refractivity contribution in [3.8, 4) is 0 Å². The Morgan fingerprint density at radius 3 is 2.88 bits per heavy atom. The standard InChI is InChI=1S/C19H31N3O2/c1-6-7-13-22-14-9-11-16(22)15-10-8-12-20-17(15)21(5)18(23)24-19(2,3)4/h8,10,12,16H,6-7,9,11,13-14H2,1-5H3/t16-/m1/s1. The number of ether oxygens (including phenoxy) is 1. The first kappa shape index (κ1) is 18.7. The smallest absolute Gasteiger partial charge is 0.415 e. The monoisotopic (exact) mass is 333 g/mol. The summed E-state index contributed by atoms with van der Waals surface area (Å²) < 4.78 is 5.50. The van der Waals surface area contributed by atoms with Gasteiger partial charge in [0.1, 0.15) is 11.4 Å². The van der Waals surface area contributed by atoms with E-state index in [1.54, 1.807) is 13.2 Å². The minimum absolute atomic E-state index is 0.338. The van der Waals surface area contributed by atoms with Crippen LogP contribution in [0.5, 0.6) is 0 Å². The van der Waals surface area contributed by atoms with Crippen molar-refractivity contribution in [2.24, 2.45) is 0 Å². The summed E-state index contributed by atoms with van der Waals surface area (Å²) in [6.45, 7) is 10.1. The SMILES string of the molecule is CCCCN1CCC[C@@H]1c1cccnc1N(C)C(=O)OC(C)(C)C. The number of unbranched alkanes of at least 4 members (excludes halogenated alkanes) is 1. The van der Waals surface area contributed by atoms with Crippen molar-refractivity contribution in [2.45, 2.75) is 65.0 Å². The van der Waals surface area contributed by atoms with E-state index in [0.29, 0.717) is 11.9 Å². The van der Waals surface area contributed by atoms with Gasteiger partial charge in [-0.2, -0.15) is 0 Å². The van der Waals surface area contributed by atoms with E-state index < -0.39 is 5.60 Å². The molecule has 0 spiro atoms. The summed E-state index contributed by atoms with van der Waals surface area (Å²) in [7, 11) is 1.74. The number of nitrogens with zero attached hydrogens (tertiary/aromatic N) is 3. The van der Waals surface area contributed by atoms with Crippen molar-refractivity contribution in [3.63, 3.8) is 0 Å². The zero-order chi connectivity index (χ0) is 17.7. The maximum atomic E-state index is 12.4. The number of hydrogen-bond acceptors (Lipinski definition) is 4. The van der Waals surface area contributed by atoms with E-state index in [0.717, 1.165) is 25.1 Å². The molecule has 0 bridgehead atoms. The van der Waals surface area contributed by atoms with Crippen LogP contribution in [-0.4, -0.2) is 41.7 Å². The third-order valence-electron chi connectivity index (χ3n) is 4.32. The van der Waals surface area contributed by atoms with Gasteiger partial charge in [-0.05, 0) is 59.2 Å². The van der Waals surface area contributed by atoms with Crippen LogP contribution in [0.2, 0.25) is 0 Å². The van der Waals surface area contributed by atoms with Crippen LogP contribution < -0.4 is 4.90 Å². The van der Waals surface area contributed by atoms with Crippen LogP contribution in [0.4, 0.5) is 10.6 Å². The van der Waals surface area contributed by atoms with E-state index in [1.165, 1.54) is 24.2 Å². The van der Waals surface area contributed by atoms with E-state index in [1.807, 2.05) is 26.8 Å². The number of rotatable bonds is 5. The molecule has 0 unspecified atom stereocenters. The first-order valence-corrected chi connectivity index (χ1v) is 8.99. The highest BCUT2D eigenvalue weighted by molar-refractivity contribution is 5.87. The highest BCUT2D eigenvalue weighted by Gasteiger charge is 2.30. The van der Waals surface area contributed by atoms with Crippen molar-refractivity contribution in [1.82, 2.24) is 9.88 Å². The topological polar surface area (TPSA) is 45.7 Å². The van der Waals surface area contributed by atoms with Crippen LogP contribution in [0, 0.1) is 0 Å². The van der Waals surface area contributed by atoms with Gasteiger partial charge in [0.15, 0.2) is 0 Å². The molecule has 5 nitrogen and oxygen atoms in total. The molecule has 1 atom stereocenters. The zero-order valence-electron chi connectivity index (χ0n) is 15.7. The fraction of sp³-hybridized carbons (Fsp3) is 0.684. The Hall–Kier alpha value is -1.62. The van der Waals surface area contributed by atoms with Crippen LogP contribution >= 0.6 is 0 Å². The molecular formula is C19H31N3O2. The first-order valence-electron chi connectivity index (χ1n) is 8.99. The number of carbonyl (C=O) groups is 1. The summed E-state index contributed by atoms with van der Waals surface area (Å²) >= 11 is 0. The van der Waals surface area contributed by atoms with Crippen LogP contribution in [-0.2, 0) is 4.74 Å². The van der Waals surface area contributed by atoms with Crippen LogP contribution in [0.25, 0.3) is 0 Å². The Labute approximate surface area is 146 Å². The number of carbonyl (C=O) groups excluding carboxylic acids is 1. The van der Waals surface area contributed by atoms with E-state index in [9.17, 15) is 4.79 Å². The van der Waals surface area contributed by atoms with Gasteiger partial charge in [-0.25, -0.2) is 9.78 Å². The summed E-state index contributed by atoms with van der Waals surface area (Å²) in [5.74, 6) is 0.708. The molecule has 1 aliphatic heterocycles. The van der Waals surface area contributed by atoms with Gasteiger partial charge in [-0.1, -0.05) is 19.4 Å². The molecule has 2 heterocycles. The van der Waals surface area contributed by atoms with Crippen LogP contribution in [0.15, 0.2) is 18.3 Å². The summed E-state index contributed by atoms with van der Waals surface area (Å²) in [4.78, 5) is 21.0. The van der Waals surface area contributed by atoms with Gasteiger partial charge in [0.25, 0.3) is 0 Å². The second-order valence-electron chi connectivity index (χ2n) is 7.50. The third-order valence-corrected chi connectivity index (χ3v) is 4.32. The van der Waals surface area contributed by atoms with Crippen molar-refractivity contribution in [1.29, 1.82) is 0 Å². The number of pyridine rings is 1. The van der Waals surface area contributed by atoms with Crippen molar-refractivity contribution in [3.05, 3.63) is 23.9 Å². The molecular weight excluding hydrogens is 302 g/mol. The van der Waals surface area contributed by atoms with E-state index in [2.05, 4.69) is 22.9 Å². The molecule has 1 aromatic rings. The summed E-state index contributed by atoms with van der Waals surface area (Å²) in [6.07, 6.45) is 6.09. The minimum Gasteiger partial charge on any atom is -0.443 e. The number of amides is 1. The molecule has 1 saturated heterocycles.